The zero-order valence-corrected chi connectivity index (χ0v) is 12.1. The second-order valence-corrected chi connectivity index (χ2v) is 5.29. The minimum atomic E-state index is -0.375. The van der Waals surface area contributed by atoms with Crippen LogP contribution >= 0.6 is 0 Å². The Morgan fingerprint density at radius 3 is 3.10 bits per heavy atom. The molecule has 2 rings (SSSR count). The van der Waals surface area contributed by atoms with Gasteiger partial charge in [0.1, 0.15) is 5.82 Å². The van der Waals surface area contributed by atoms with Crippen molar-refractivity contribution >= 4 is 11.6 Å². The van der Waals surface area contributed by atoms with E-state index in [0.29, 0.717) is 31.8 Å². The first-order valence-corrected chi connectivity index (χ1v) is 7.10. The number of hydrogen-bond donors (Lipinski definition) is 2. The minimum absolute atomic E-state index is 0.0152. The van der Waals surface area contributed by atoms with Crippen LogP contribution in [0.3, 0.4) is 0 Å². The van der Waals surface area contributed by atoms with Gasteiger partial charge < -0.3 is 15.2 Å². The number of morpholine rings is 1. The van der Waals surface area contributed by atoms with Crippen molar-refractivity contribution in [3.05, 3.63) is 30.1 Å². The maximum Gasteiger partial charge on any atom is 0.225 e. The molecule has 0 spiro atoms. The monoisotopic (exact) mass is 296 g/mol. The van der Waals surface area contributed by atoms with E-state index >= 15 is 0 Å². The van der Waals surface area contributed by atoms with E-state index in [2.05, 4.69) is 10.2 Å². The van der Waals surface area contributed by atoms with E-state index in [1.807, 2.05) is 6.92 Å². The first-order valence-electron chi connectivity index (χ1n) is 7.10. The summed E-state index contributed by atoms with van der Waals surface area (Å²) in [5.74, 6) is -0.528. The van der Waals surface area contributed by atoms with Crippen LogP contribution in [-0.4, -0.2) is 54.4 Å². The van der Waals surface area contributed by atoms with Crippen molar-refractivity contribution in [1.82, 2.24) is 4.90 Å². The van der Waals surface area contributed by atoms with Gasteiger partial charge in [0, 0.05) is 31.2 Å². The van der Waals surface area contributed by atoms with Crippen LogP contribution in [0.5, 0.6) is 0 Å². The van der Waals surface area contributed by atoms with E-state index < -0.39 is 0 Å². The molecule has 0 aliphatic carbocycles. The van der Waals surface area contributed by atoms with E-state index in [-0.39, 0.29) is 30.5 Å². The highest BCUT2D eigenvalue weighted by Gasteiger charge is 2.25. The molecule has 6 heteroatoms. The van der Waals surface area contributed by atoms with Gasteiger partial charge in [-0.3, -0.25) is 9.69 Å². The van der Waals surface area contributed by atoms with Crippen LogP contribution in [0.2, 0.25) is 0 Å². The fourth-order valence-electron chi connectivity index (χ4n) is 2.33. The molecule has 0 saturated carbocycles. The first kappa shape index (κ1) is 15.9. The van der Waals surface area contributed by atoms with Gasteiger partial charge in [0.2, 0.25) is 5.91 Å². The smallest absolute Gasteiger partial charge is 0.225 e. The second-order valence-electron chi connectivity index (χ2n) is 5.29. The van der Waals surface area contributed by atoms with Gasteiger partial charge in [-0.1, -0.05) is 6.07 Å². The van der Waals surface area contributed by atoms with E-state index in [4.69, 9.17) is 9.84 Å². The second kappa shape index (κ2) is 7.49. The summed E-state index contributed by atoms with van der Waals surface area (Å²) in [6.45, 7) is 3.76. The average molecular weight is 296 g/mol. The van der Waals surface area contributed by atoms with Crippen molar-refractivity contribution in [3.8, 4) is 0 Å². The van der Waals surface area contributed by atoms with E-state index in [0.717, 1.165) is 0 Å². The first-order chi connectivity index (χ1) is 10.1. The molecule has 116 valence electrons. The predicted molar refractivity (Wildman–Crippen MR) is 77.5 cm³/mol. The fraction of sp³-hybridized carbons (Fsp3) is 0.533. The number of carbonyl (C=O) groups is 1. The number of benzene rings is 1. The van der Waals surface area contributed by atoms with Gasteiger partial charge in [0.15, 0.2) is 0 Å². The van der Waals surface area contributed by atoms with Crippen LogP contribution in [0.15, 0.2) is 24.3 Å². The maximum absolute atomic E-state index is 13.0. The number of halogens is 1. The SMILES string of the molecule is C[C@@H]1CO[C@@H](CO)CN1CCC(=O)Nc1cccc(F)c1. The van der Waals surface area contributed by atoms with Crippen molar-refractivity contribution < 1.29 is 19.0 Å². The lowest BCUT2D eigenvalue weighted by atomic mass is 10.2. The zero-order valence-electron chi connectivity index (χ0n) is 12.1. The summed E-state index contributed by atoms with van der Waals surface area (Å²) in [6, 6.07) is 6.05. The summed E-state index contributed by atoms with van der Waals surface area (Å²) in [6.07, 6.45) is 0.131. The van der Waals surface area contributed by atoms with Gasteiger partial charge in [-0.15, -0.1) is 0 Å². The minimum Gasteiger partial charge on any atom is -0.394 e. The van der Waals surface area contributed by atoms with Crippen LogP contribution in [-0.2, 0) is 9.53 Å². The number of amides is 1. The highest BCUT2D eigenvalue weighted by Crippen LogP contribution is 2.13. The van der Waals surface area contributed by atoms with E-state index in [1.54, 1.807) is 12.1 Å². The zero-order chi connectivity index (χ0) is 15.2. The van der Waals surface area contributed by atoms with Crippen molar-refractivity contribution in [1.29, 1.82) is 0 Å². The lowest BCUT2D eigenvalue weighted by Crippen LogP contribution is -2.50. The third-order valence-electron chi connectivity index (χ3n) is 3.57. The average Bonchev–Trinajstić information content (AvgIpc) is 2.46. The molecule has 0 aromatic heterocycles. The number of nitrogens with one attached hydrogen (secondary N) is 1. The van der Waals surface area contributed by atoms with Gasteiger partial charge in [0.05, 0.1) is 19.3 Å². The molecule has 1 fully saturated rings. The molecule has 1 amide bonds. The van der Waals surface area contributed by atoms with Crippen LogP contribution in [0.4, 0.5) is 10.1 Å². The molecular formula is C15H21FN2O3. The molecule has 1 heterocycles. The number of ether oxygens (including phenoxy) is 1. The molecular weight excluding hydrogens is 275 g/mol. The van der Waals surface area contributed by atoms with Crippen LogP contribution in [0, 0.1) is 5.82 Å². The molecule has 1 aromatic rings. The Morgan fingerprint density at radius 2 is 2.38 bits per heavy atom. The van der Waals surface area contributed by atoms with Crippen molar-refractivity contribution in [3.63, 3.8) is 0 Å². The highest BCUT2D eigenvalue weighted by molar-refractivity contribution is 5.90. The van der Waals surface area contributed by atoms with E-state index in [9.17, 15) is 9.18 Å². The summed E-state index contributed by atoms with van der Waals surface area (Å²) in [5, 5.41) is 11.8. The Hall–Kier alpha value is -1.50. The molecule has 1 aromatic carbocycles. The largest absolute Gasteiger partial charge is 0.394 e. The van der Waals surface area contributed by atoms with E-state index in [1.165, 1.54) is 12.1 Å². The van der Waals surface area contributed by atoms with Gasteiger partial charge in [-0.2, -0.15) is 0 Å². The van der Waals surface area contributed by atoms with Gasteiger partial charge in [-0.05, 0) is 25.1 Å². The Labute approximate surface area is 123 Å². The van der Waals surface area contributed by atoms with Crippen molar-refractivity contribution in [2.75, 3.05) is 31.6 Å². The van der Waals surface area contributed by atoms with Gasteiger partial charge in [0.25, 0.3) is 0 Å². The lowest BCUT2D eigenvalue weighted by molar-refractivity contribution is -0.118. The third kappa shape index (κ3) is 4.77. The molecule has 1 saturated heterocycles. The fourth-order valence-corrected chi connectivity index (χ4v) is 2.33. The standard InChI is InChI=1S/C15H21FN2O3/c1-11-10-21-14(9-19)8-18(11)6-5-15(20)17-13-4-2-3-12(16)7-13/h2-4,7,11,14,19H,5-6,8-10H2,1H3,(H,17,20)/t11-,14-/m1/s1. The Bertz CT molecular complexity index is 484. The molecule has 1 aliphatic heterocycles. The molecule has 0 unspecified atom stereocenters. The summed E-state index contributed by atoms with van der Waals surface area (Å²) in [7, 11) is 0. The lowest BCUT2D eigenvalue weighted by Gasteiger charge is -2.37. The summed E-state index contributed by atoms with van der Waals surface area (Å²) in [4.78, 5) is 14.0. The Morgan fingerprint density at radius 1 is 1.57 bits per heavy atom. The van der Waals surface area contributed by atoms with Gasteiger partial charge in [-0.25, -0.2) is 4.39 Å². The number of rotatable bonds is 5. The molecule has 2 N–H and O–H groups in total. The molecule has 1 aliphatic rings. The Kier molecular flexibility index (Phi) is 5.67. The normalized spacial score (nSPS) is 23.0. The number of aliphatic hydroxyl groups is 1. The highest BCUT2D eigenvalue weighted by atomic mass is 19.1. The third-order valence-corrected chi connectivity index (χ3v) is 3.57. The Balaban J connectivity index is 1.80. The quantitative estimate of drug-likeness (QED) is 0.858. The van der Waals surface area contributed by atoms with Crippen molar-refractivity contribution in [2.24, 2.45) is 0 Å². The summed E-state index contributed by atoms with van der Waals surface area (Å²) < 4.78 is 18.5. The van der Waals surface area contributed by atoms with Gasteiger partial charge >= 0.3 is 0 Å². The molecule has 0 radical (unpaired) electrons. The molecule has 21 heavy (non-hydrogen) atoms. The number of aliphatic hydroxyl groups excluding tert-OH is 1. The molecule has 0 bridgehead atoms. The number of hydrogen-bond acceptors (Lipinski definition) is 4. The topological polar surface area (TPSA) is 61.8 Å². The summed E-state index contributed by atoms with van der Waals surface area (Å²) >= 11 is 0. The molecule has 5 nitrogen and oxygen atoms in total. The summed E-state index contributed by atoms with van der Waals surface area (Å²) in [5.41, 5.74) is 0.461. The molecule has 2 atom stereocenters. The van der Waals surface area contributed by atoms with Crippen LogP contribution in [0.1, 0.15) is 13.3 Å². The van der Waals surface area contributed by atoms with Crippen LogP contribution < -0.4 is 5.32 Å². The van der Waals surface area contributed by atoms with Crippen molar-refractivity contribution in [2.45, 2.75) is 25.5 Å². The maximum atomic E-state index is 13.0. The predicted octanol–water partition coefficient (Wildman–Crippen LogP) is 1.24. The number of anilines is 1. The van der Waals surface area contributed by atoms with Crippen LogP contribution in [0.25, 0.3) is 0 Å². The number of carbonyl (C=O) groups excluding carboxylic acids is 1. The number of nitrogens with zero attached hydrogens (tertiary/aromatic N) is 1.